The van der Waals surface area contributed by atoms with Crippen LogP contribution in [-0.2, 0) is 0 Å². The average Bonchev–Trinajstić information content (AvgIpc) is 2.47. The average molecular weight is 348 g/mol. The fraction of sp³-hybridized carbons (Fsp3) is 0.471. The highest BCUT2D eigenvalue weighted by atomic mass is 79.9. The smallest absolute Gasteiger partial charge is 0.0867 e. The third-order valence-electron chi connectivity index (χ3n) is 4.51. The van der Waals surface area contributed by atoms with E-state index in [4.69, 9.17) is 4.98 Å². The Balaban J connectivity index is 2.01. The molecule has 1 fully saturated rings. The van der Waals surface area contributed by atoms with Crippen LogP contribution >= 0.6 is 15.9 Å². The van der Waals surface area contributed by atoms with Gasteiger partial charge in [-0.2, -0.15) is 0 Å². The zero-order valence-electron chi connectivity index (χ0n) is 12.9. The normalized spacial score (nSPS) is 17.3. The molecule has 0 spiro atoms. The number of nitrogens with zero attached hydrogens (tertiary/aromatic N) is 3. The summed E-state index contributed by atoms with van der Waals surface area (Å²) in [6.45, 7) is 4.44. The number of para-hydroxylation sites is 1. The summed E-state index contributed by atoms with van der Waals surface area (Å²) in [5.41, 5.74) is 3.44. The lowest BCUT2D eigenvalue weighted by Gasteiger charge is -2.37. The lowest BCUT2D eigenvalue weighted by Crippen LogP contribution is -2.42. The van der Waals surface area contributed by atoms with E-state index in [2.05, 4.69) is 71.0 Å². The molecule has 1 aliphatic heterocycles. The largest absolute Gasteiger partial charge is 0.371 e. The minimum Gasteiger partial charge on any atom is -0.371 e. The van der Waals surface area contributed by atoms with Crippen LogP contribution in [0.4, 0.5) is 5.69 Å². The fourth-order valence-electron chi connectivity index (χ4n) is 3.19. The highest BCUT2D eigenvalue weighted by molar-refractivity contribution is 9.10. The van der Waals surface area contributed by atoms with E-state index in [0.717, 1.165) is 15.7 Å². The van der Waals surface area contributed by atoms with Crippen LogP contribution in [0, 0.1) is 6.92 Å². The highest BCUT2D eigenvalue weighted by Gasteiger charge is 2.22. The first kappa shape index (κ1) is 14.8. The lowest BCUT2D eigenvalue weighted by atomic mass is 10.0. The first-order chi connectivity index (χ1) is 10.1. The molecule has 0 amide bonds. The van der Waals surface area contributed by atoms with Crippen molar-refractivity contribution < 1.29 is 0 Å². The van der Waals surface area contributed by atoms with Crippen molar-refractivity contribution in [2.24, 2.45) is 0 Å². The summed E-state index contributed by atoms with van der Waals surface area (Å²) >= 11 is 3.63. The van der Waals surface area contributed by atoms with E-state index in [9.17, 15) is 0 Å². The van der Waals surface area contributed by atoms with Crippen molar-refractivity contribution in [3.63, 3.8) is 0 Å². The molecular formula is C17H22BrN3. The zero-order chi connectivity index (χ0) is 15.0. The molecule has 3 nitrogen and oxygen atoms in total. The quantitative estimate of drug-likeness (QED) is 0.822. The minimum absolute atomic E-state index is 0.616. The molecule has 0 saturated carbocycles. The van der Waals surface area contributed by atoms with E-state index in [1.54, 1.807) is 0 Å². The van der Waals surface area contributed by atoms with E-state index in [1.165, 1.54) is 37.0 Å². The molecule has 2 aromatic rings. The number of rotatable bonds is 2. The first-order valence-corrected chi connectivity index (χ1v) is 8.33. The van der Waals surface area contributed by atoms with Crippen LogP contribution in [-0.4, -0.2) is 43.1 Å². The number of hydrogen-bond acceptors (Lipinski definition) is 3. The Hall–Kier alpha value is -1.13. The monoisotopic (exact) mass is 347 g/mol. The summed E-state index contributed by atoms with van der Waals surface area (Å²) in [4.78, 5) is 9.56. The number of halogens is 1. The van der Waals surface area contributed by atoms with Gasteiger partial charge in [-0.05, 0) is 68.0 Å². The summed E-state index contributed by atoms with van der Waals surface area (Å²) in [5.74, 6) is 0. The van der Waals surface area contributed by atoms with Crippen molar-refractivity contribution in [2.75, 3.05) is 32.1 Å². The third-order valence-corrected chi connectivity index (χ3v) is 5.15. The Morgan fingerprint density at radius 1 is 1.29 bits per heavy atom. The zero-order valence-corrected chi connectivity index (χ0v) is 14.5. The van der Waals surface area contributed by atoms with Gasteiger partial charge in [0.1, 0.15) is 0 Å². The molecule has 3 rings (SSSR count). The minimum atomic E-state index is 0.616. The maximum Gasteiger partial charge on any atom is 0.0867 e. The van der Waals surface area contributed by atoms with Crippen molar-refractivity contribution >= 4 is 32.5 Å². The standard InChI is InChI=1S/C17H22BrN3/c1-12-11-16(14-5-4-6-15(18)17(14)19-12)21(3)13-7-9-20(2)10-8-13/h4-6,11,13H,7-10H2,1-3H3. The molecule has 0 N–H and O–H groups in total. The molecule has 1 aromatic heterocycles. The van der Waals surface area contributed by atoms with Gasteiger partial charge < -0.3 is 9.80 Å². The van der Waals surface area contributed by atoms with Crippen LogP contribution < -0.4 is 4.90 Å². The Labute approximate surface area is 135 Å². The fourth-order valence-corrected chi connectivity index (χ4v) is 3.65. The summed E-state index contributed by atoms with van der Waals surface area (Å²) in [7, 11) is 4.43. The number of pyridine rings is 1. The number of anilines is 1. The van der Waals surface area contributed by atoms with Crippen molar-refractivity contribution in [1.82, 2.24) is 9.88 Å². The summed E-state index contributed by atoms with van der Waals surface area (Å²) in [6, 6.07) is 9.16. The molecule has 4 heteroatoms. The SMILES string of the molecule is Cc1cc(N(C)C2CCN(C)CC2)c2cccc(Br)c2n1. The summed E-state index contributed by atoms with van der Waals surface area (Å²) in [5, 5.41) is 1.23. The van der Waals surface area contributed by atoms with Crippen molar-refractivity contribution in [2.45, 2.75) is 25.8 Å². The van der Waals surface area contributed by atoms with Gasteiger partial charge in [0.15, 0.2) is 0 Å². The molecule has 2 heterocycles. The Morgan fingerprint density at radius 2 is 2.00 bits per heavy atom. The second-order valence-electron chi connectivity index (χ2n) is 6.06. The van der Waals surface area contributed by atoms with E-state index >= 15 is 0 Å². The number of fused-ring (bicyclic) bond motifs is 1. The third kappa shape index (κ3) is 2.92. The molecule has 0 aliphatic carbocycles. The van der Waals surface area contributed by atoms with Crippen molar-refractivity contribution in [1.29, 1.82) is 0 Å². The van der Waals surface area contributed by atoms with Gasteiger partial charge in [-0.1, -0.05) is 12.1 Å². The molecule has 21 heavy (non-hydrogen) atoms. The number of aryl methyl sites for hydroxylation is 1. The first-order valence-electron chi connectivity index (χ1n) is 7.53. The van der Waals surface area contributed by atoms with Crippen LogP contribution in [0.3, 0.4) is 0 Å². The molecule has 1 aromatic carbocycles. The van der Waals surface area contributed by atoms with Crippen LogP contribution in [0.5, 0.6) is 0 Å². The maximum absolute atomic E-state index is 4.69. The van der Waals surface area contributed by atoms with Crippen molar-refractivity contribution in [3.05, 3.63) is 34.4 Å². The number of benzene rings is 1. The lowest BCUT2D eigenvalue weighted by molar-refractivity contribution is 0.253. The van der Waals surface area contributed by atoms with Gasteiger partial charge in [-0.25, -0.2) is 0 Å². The Kier molecular flexibility index (Phi) is 4.18. The molecular weight excluding hydrogens is 326 g/mol. The number of hydrogen-bond donors (Lipinski definition) is 0. The molecule has 0 radical (unpaired) electrons. The molecule has 0 bridgehead atoms. The maximum atomic E-state index is 4.69. The number of aromatic nitrogens is 1. The van der Waals surface area contributed by atoms with Gasteiger partial charge in [0, 0.05) is 34.3 Å². The predicted octanol–water partition coefficient (Wildman–Crippen LogP) is 3.84. The van der Waals surface area contributed by atoms with Crippen LogP contribution in [0.25, 0.3) is 10.9 Å². The van der Waals surface area contributed by atoms with E-state index in [0.29, 0.717) is 6.04 Å². The van der Waals surface area contributed by atoms with E-state index in [-0.39, 0.29) is 0 Å². The van der Waals surface area contributed by atoms with Crippen LogP contribution in [0.1, 0.15) is 18.5 Å². The molecule has 1 saturated heterocycles. The predicted molar refractivity (Wildman–Crippen MR) is 93.1 cm³/mol. The Bertz CT molecular complexity index is 648. The van der Waals surface area contributed by atoms with Gasteiger partial charge in [-0.15, -0.1) is 0 Å². The van der Waals surface area contributed by atoms with Crippen LogP contribution in [0.2, 0.25) is 0 Å². The molecule has 112 valence electrons. The summed E-state index contributed by atoms with van der Waals surface area (Å²) in [6.07, 6.45) is 2.45. The second kappa shape index (κ2) is 5.93. The van der Waals surface area contributed by atoms with Gasteiger partial charge in [0.25, 0.3) is 0 Å². The Morgan fingerprint density at radius 3 is 2.71 bits per heavy atom. The molecule has 1 aliphatic rings. The number of likely N-dealkylation sites (tertiary alicyclic amines) is 1. The second-order valence-corrected chi connectivity index (χ2v) is 6.92. The van der Waals surface area contributed by atoms with E-state index < -0.39 is 0 Å². The number of piperidine rings is 1. The van der Waals surface area contributed by atoms with Gasteiger partial charge >= 0.3 is 0 Å². The summed E-state index contributed by atoms with van der Waals surface area (Å²) < 4.78 is 1.07. The van der Waals surface area contributed by atoms with Crippen LogP contribution in [0.15, 0.2) is 28.7 Å². The van der Waals surface area contributed by atoms with Gasteiger partial charge in [0.05, 0.1) is 5.52 Å². The molecule has 0 atom stereocenters. The van der Waals surface area contributed by atoms with E-state index in [1.807, 2.05) is 0 Å². The highest BCUT2D eigenvalue weighted by Crippen LogP contribution is 2.32. The van der Waals surface area contributed by atoms with Gasteiger partial charge in [0.2, 0.25) is 0 Å². The van der Waals surface area contributed by atoms with Crippen molar-refractivity contribution in [3.8, 4) is 0 Å². The van der Waals surface area contributed by atoms with Gasteiger partial charge in [-0.3, -0.25) is 4.98 Å². The molecule has 0 unspecified atom stereocenters. The topological polar surface area (TPSA) is 19.4 Å².